The summed E-state index contributed by atoms with van der Waals surface area (Å²) in [5.74, 6) is -0.0298. The van der Waals surface area contributed by atoms with Gasteiger partial charge in [-0.1, -0.05) is 29.8 Å². The summed E-state index contributed by atoms with van der Waals surface area (Å²) < 4.78 is 5.49. The molecule has 2 rings (SSSR count). The Morgan fingerprint density at radius 1 is 1.40 bits per heavy atom. The van der Waals surface area contributed by atoms with E-state index in [9.17, 15) is 9.59 Å². The molecular weight excluding hydrogens is 316 g/mol. The smallest absolute Gasteiger partial charge is 0.245 e. The zero-order valence-electron chi connectivity index (χ0n) is 15.8. The number of likely N-dealkylation sites (tertiary alicyclic amines) is 1. The van der Waals surface area contributed by atoms with Crippen LogP contribution in [-0.4, -0.2) is 41.5 Å². The van der Waals surface area contributed by atoms with Gasteiger partial charge in [0.15, 0.2) is 0 Å². The van der Waals surface area contributed by atoms with Crippen molar-refractivity contribution in [3.8, 4) is 0 Å². The summed E-state index contributed by atoms with van der Waals surface area (Å²) >= 11 is 0. The molecule has 1 aromatic carbocycles. The van der Waals surface area contributed by atoms with E-state index in [2.05, 4.69) is 11.4 Å². The van der Waals surface area contributed by atoms with Crippen LogP contribution >= 0.6 is 0 Å². The lowest BCUT2D eigenvalue weighted by Gasteiger charge is -2.34. The number of benzene rings is 1. The molecule has 0 aromatic heterocycles. The van der Waals surface area contributed by atoms with Crippen LogP contribution < -0.4 is 5.32 Å². The number of aryl methyl sites for hydroxylation is 1. The van der Waals surface area contributed by atoms with Crippen molar-refractivity contribution in [1.82, 2.24) is 10.2 Å². The number of ether oxygens (including phenoxy) is 1. The van der Waals surface area contributed by atoms with Crippen molar-refractivity contribution in [2.24, 2.45) is 0 Å². The average Bonchev–Trinajstić information content (AvgIpc) is 2.84. The van der Waals surface area contributed by atoms with E-state index < -0.39 is 5.54 Å². The van der Waals surface area contributed by atoms with Gasteiger partial charge in [0, 0.05) is 26.1 Å². The molecule has 1 aliphatic heterocycles. The first kappa shape index (κ1) is 19.4. The van der Waals surface area contributed by atoms with Crippen LogP contribution in [0.25, 0.3) is 0 Å². The van der Waals surface area contributed by atoms with Gasteiger partial charge in [0.05, 0.1) is 6.10 Å². The molecule has 5 nitrogen and oxygen atoms in total. The van der Waals surface area contributed by atoms with Crippen LogP contribution in [0.15, 0.2) is 24.3 Å². The van der Waals surface area contributed by atoms with Crippen LogP contribution in [0.3, 0.4) is 0 Å². The summed E-state index contributed by atoms with van der Waals surface area (Å²) in [6.07, 6.45) is 1.95. The second kappa shape index (κ2) is 8.48. The highest BCUT2D eigenvalue weighted by Gasteiger charge is 2.46. The molecule has 1 atom stereocenters. The van der Waals surface area contributed by atoms with Crippen molar-refractivity contribution in [2.45, 2.75) is 65.1 Å². The van der Waals surface area contributed by atoms with Gasteiger partial charge in [-0.2, -0.15) is 0 Å². The van der Waals surface area contributed by atoms with Gasteiger partial charge in [-0.3, -0.25) is 9.59 Å². The maximum atomic E-state index is 12.7. The van der Waals surface area contributed by atoms with E-state index in [-0.39, 0.29) is 17.9 Å². The van der Waals surface area contributed by atoms with Gasteiger partial charge in [0.2, 0.25) is 11.8 Å². The predicted molar refractivity (Wildman–Crippen MR) is 98.1 cm³/mol. The molecule has 0 saturated carbocycles. The zero-order valence-corrected chi connectivity index (χ0v) is 15.8. The third kappa shape index (κ3) is 5.05. The number of rotatable bonds is 8. The van der Waals surface area contributed by atoms with Crippen LogP contribution in [0.4, 0.5) is 0 Å². The fourth-order valence-electron chi connectivity index (χ4n) is 3.17. The number of amides is 2. The number of carbonyl (C=O) groups excluding carboxylic acids is 2. The molecule has 0 bridgehead atoms. The Labute approximate surface area is 150 Å². The van der Waals surface area contributed by atoms with E-state index in [0.29, 0.717) is 32.5 Å². The standard InChI is InChI=1S/C20H30N2O3/c1-15(2)25-12-6-11-21-19(24)20(4)10-9-18(23)22(20)14-17-8-5-7-16(3)13-17/h5,7-8,13,15H,6,9-12,14H2,1-4H3,(H,21,24)/t20-/m1/s1. The molecule has 0 aliphatic carbocycles. The third-order valence-electron chi connectivity index (χ3n) is 4.69. The lowest BCUT2D eigenvalue weighted by atomic mass is 9.97. The second-order valence-corrected chi connectivity index (χ2v) is 7.27. The van der Waals surface area contributed by atoms with E-state index in [0.717, 1.165) is 17.5 Å². The molecule has 1 saturated heterocycles. The first-order valence-electron chi connectivity index (χ1n) is 9.09. The monoisotopic (exact) mass is 346 g/mol. The van der Waals surface area contributed by atoms with Crippen molar-refractivity contribution < 1.29 is 14.3 Å². The topological polar surface area (TPSA) is 58.6 Å². The Morgan fingerprint density at radius 3 is 2.84 bits per heavy atom. The number of carbonyl (C=O) groups is 2. The fourth-order valence-corrected chi connectivity index (χ4v) is 3.17. The largest absolute Gasteiger partial charge is 0.379 e. The summed E-state index contributed by atoms with van der Waals surface area (Å²) in [7, 11) is 0. The highest BCUT2D eigenvalue weighted by Crippen LogP contribution is 2.32. The molecule has 1 fully saturated rings. The minimum Gasteiger partial charge on any atom is -0.379 e. The molecule has 1 aliphatic rings. The van der Waals surface area contributed by atoms with Gasteiger partial charge in [-0.05, 0) is 46.1 Å². The maximum Gasteiger partial charge on any atom is 0.245 e. The van der Waals surface area contributed by atoms with Gasteiger partial charge >= 0.3 is 0 Å². The summed E-state index contributed by atoms with van der Waals surface area (Å²) in [4.78, 5) is 26.8. The van der Waals surface area contributed by atoms with Crippen molar-refractivity contribution in [3.05, 3.63) is 35.4 Å². The lowest BCUT2D eigenvalue weighted by Crippen LogP contribution is -2.54. The number of nitrogens with zero attached hydrogens (tertiary/aromatic N) is 1. The summed E-state index contributed by atoms with van der Waals surface area (Å²) in [5, 5.41) is 2.97. The predicted octanol–water partition coefficient (Wildman–Crippen LogP) is 2.81. The SMILES string of the molecule is Cc1cccc(CN2C(=O)CC[C@]2(C)C(=O)NCCCOC(C)C)c1. The van der Waals surface area contributed by atoms with E-state index in [1.165, 1.54) is 0 Å². The van der Waals surface area contributed by atoms with Gasteiger partial charge in [-0.15, -0.1) is 0 Å². The molecule has 5 heteroatoms. The Kier molecular flexibility index (Phi) is 6.59. The summed E-state index contributed by atoms with van der Waals surface area (Å²) in [5.41, 5.74) is 1.43. The molecule has 138 valence electrons. The highest BCUT2D eigenvalue weighted by atomic mass is 16.5. The molecular formula is C20H30N2O3. The third-order valence-corrected chi connectivity index (χ3v) is 4.69. The first-order valence-corrected chi connectivity index (χ1v) is 9.09. The van der Waals surface area contributed by atoms with E-state index >= 15 is 0 Å². The van der Waals surface area contributed by atoms with Crippen molar-refractivity contribution >= 4 is 11.8 Å². The van der Waals surface area contributed by atoms with Crippen molar-refractivity contribution in [3.63, 3.8) is 0 Å². The zero-order chi connectivity index (χ0) is 18.4. The Bertz CT molecular complexity index is 615. The minimum atomic E-state index is -0.778. The van der Waals surface area contributed by atoms with Crippen LogP contribution in [-0.2, 0) is 20.9 Å². The molecule has 2 amide bonds. The quantitative estimate of drug-likeness (QED) is 0.737. The first-order chi connectivity index (χ1) is 11.8. The van der Waals surface area contributed by atoms with E-state index in [1.807, 2.05) is 45.9 Å². The van der Waals surface area contributed by atoms with Gasteiger partial charge < -0.3 is 15.0 Å². The summed E-state index contributed by atoms with van der Waals surface area (Å²) in [6.45, 7) is 9.54. The lowest BCUT2D eigenvalue weighted by molar-refractivity contribution is -0.141. The maximum absolute atomic E-state index is 12.7. The molecule has 0 unspecified atom stereocenters. The second-order valence-electron chi connectivity index (χ2n) is 7.27. The summed E-state index contributed by atoms with van der Waals surface area (Å²) in [6, 6.07) is 8.07. The highest BCUT2D eigenvalue weighted by molar-refractivity contribution is 5.94. The molecule has 1 N–H and O–H groups in total. The Morgan fingerprint density at radius 2 is 2.16 bits per heavy atom. The normalized spacial score (nSPS) is 20.4. The van der Waals surface area contributed by atoms with Gasteiger partial charge in [0.1, 0.15) is 5.54 Å². The van der Waals surface area contributed by atoms with Crippen molar-refractivity contribution in [2.75, 3.05) is 13.2 Å². The molecule has 1 heterocycles. The van der Waals surface area contributed by atoms with E-state index in [4.69, 9.17) is 4.74 Å². The van der Waals surface area contributed by atoms with Crippen LogP contribution in [0.2, 0.25) is 0 Å². The van der Waals surface area contributed by atoms with Crippen LogP contribution in [0, 0.1) is 6.92 Å². The number of hydrogen-bond acceptors (Lipinski definition) is 3. The van der Waals surface area contributed by atoms with Crippen LogP contribution in [0.1, 0.15) is 51.2 Å². The molecule has 0 spiro atoms. The van der Waals surface area contributed by atoms with Gasteiger partial charge in [0.25, 0.3) is 0 Å². The Balaban J connectivity index is 1.96. The average molecular weight is 346 g/mol. The number of hydrogen-bond donors (Lipinski definition) is 1. The fraction of sp³-hybridized carbons (Fsp3) is 0.600. The van der Waals surface area contributed by atoms with Crippen molar-refractivity contribution in [1.29, 1.82) is 0 Å². The van der Waals surface area contributed by atoms with E-state index in [1.54, 1.807) is 4.90 Å². The van der Waals surface area contributed by atoms with Gasteiger partial charge in [-0.25, -0.2) is 0 Å². The Hall–Kier alpha value is -1.88. The molecule has 1 aromatic rings. The molecule has 25 heavy (non-hydrogen) atoms. The van der Waals surface area contributed by atoms with Crippen LogP contribution in [0.5, 0.6) is 0 Å². The molecule has 0 radical (unpaired) electrons. The number of nitrogens with one attached hydrogen (secondary N) is 1. The minimum absolute atomic E-state index is 0.0438.